The van der Waals surface area contributed by atoms with Crippen LogP contribution in [0.25, 0.3) is 11.1 Å². The van der Waals surface area contributed by atoms with Crippen LogP contribution in [-0.2, 0) is 61.9 Å². The molecule has 2 aromatic heterocycles. The molecule has 3 unspecified atom stereocenters. The second kappa shape index (κ2) is 30.6. The molecule has 0 saturated carbocycles. The number of aromatic amines is 1. The van der Waals surface area contributed by atoms with E-state index in [0.717, 1.165) is 49.3 Å². The summed E-state index contributed by atoms with van der Waals surface area (Å²) >= 11 is 2.29. The number of hydrogen-bond acceptors (Lipinski definition) is 19. The maximum atomic E-state index is 14.0. The van der Waals surface area contributed by atoms with Crippen LogP contribution in [0.4, 0.5) is 21.4 Å². The molecule has 4 amide bonds. The number of rotatable bonds is 28. The number of fused-ring (bicyclic) bond motifs is 4. The molecule has 0 bridgehead atoms. The van der Waals surface area contributed by atoms with Gasteiger partial charge in [0.25, 0.3) is 11.5 Å². The quantitative estimate of drug-likeness (QED) is 0.0174. The zero-order valence-electron chi connectivity index (χ0n) is 43.3. The number of nitrogens with zero attached hydrogens (tertiary/aromatic N) is 2. The SMILES string of the molecule is Nc1nc2c(c(=O)[nH]1)SC(CCc1ccc(C(=O)NC(CCC(=O)O)C(=O)O)s1)CN2C(=O)OCc1ccc(SSCC(NC(=O)OCC2c3ccccc3-c3ccccc32)C(=O)NCCOP(=O)(O)O)c(CCOCC(=O)O)c1.[Fm].[Fm].[Fm].[Fm]. The minimum atomic E-state index is -4.83. The zero-order valence-corrected chi connectivity index (χ0v) is 57.0. The molecule has 3 aromatic carbocycles. The Morgan fingerprint density at radius 3 is 2.20 bits per heavy atom. The fourth-order valence-corrected chi connectivity index (χ4v) is 13.3. The molecule has 5 aromatic rings. The number of carboxylic acids is 3. The molecule has 474 valence electrons. The predicted octanol–water partition coefficient (Wildman–Crippen LogP) is 5.23. The van der Waals surface area contributed by atoms with Crippen molar-refractivity contribution < 1.29 is 82.0 Å². The Bertz CT molecular complexity index is 3190. The monoisotopic (exact) mass is 2230 g/mol. The van der Waals surface area contributed by atoms with Gasteiger partial charge in [-0.15, -0.1) is 23.1 Å². The van der Waals surface area contributed by atoms with Gasteiger partial charge < -0.3 is 61.0 Å². The number of phosphoric acid groups is 1. The first-order valence-electron chi connectivity index (χ1n) is 24.4. The van der Waals surface area contributed by atoms with Crippen molar-refractivity contribution in [3.05, 3.63) is 121 Å². The third kappa shape index (κ3) is 18.3. The summed E-state index contributed by atoms with van der Waals surface area (Å²) in [6.45, 7) is -1.70. The predicted molar refractivity (Wildman–Crippen MR) is 295 cm³/mol. The van der Waals surface area contributed by atoms with Crippen molar-refractivity contribution >= 4 is 106 Å². The number of anilines is 2. The number of ether oxygens (including phenoxy) is 3. The maximum absolute atomic E-state index is 14.0. The molecule has 84 heavy (non-hydrogen) atoms. The number of aliphatic carboxylic acids is 3. The maximum Gasteiger partial charge on any atom is 0.469 e. The zero-order chi connectivity index (χ0) is 57.5. The van der Waals surface area contributed by atoms with E-state index in [9.17, 15) is 53.1 Å². The Hall–Kier alpha value is -10.9. The van der Waals surface area contributed by atoms with Crippen molar-refractivity contribution in [3.63, 3.8) is 0 Å². The van der Waals surface area contributed by atoms with Crippen molar-refractivity contribution in [2.75, 3.05) is 55.9 Å². The van der Waals surface area contributed by atoms with Gasteiger partial charge in [0.05, 0.1) is 18.1 Å². The van der Waals surface area contributed by atoms with Crippen molar-refractivity contribution in [3.8, 4) is 11.1 Å². The Balaban J connectivity index is 0.00000462. The van der Waals surface area contributed by atoms with Gasteiger partial charge in [-0.1, -0.05) is 82.3 Å². The van der Waals surface area contributed by atoms with E-state index in [1.165, 1.54) is 33.5 Å². The molecule has 3 atom stereocenters. The summed E-state index contributed by atoms with van der Waals surface area (Å²) in [6.07, 6.45) is -1.54. The Labute approximate surface area is 471 Å². The summed E-state index contributed by atoms with van der Waals surface area (Å²) in [4.78, 5) is 129. The van der Waals surface area contributed by atoms with Crippen molar-refractivity contribution in [1.29, 1.82) is 0 Å². The second-order valence-electron chi connectivity index (χ2n) is 17.8. The second-order valence-corrected chi connectivity index (χ2v) is 23.9. The summed E-state index contributed by atoms with van der Waals surface area (Å²) in [6, 6.07) is 21.2. The third-order valence-corrected chi connectivity index (χ3v) is 17.5. The molecule has 0 radical (unpaired) electrons. The van der Waals surface area contributed by atoms with E-state index in [-0.39, 0.29) is 84.2 Å². The fraction of sp³-hybridized carbons (Fsp3) is 0.340. The van der Waals surface area contributed by atoms with Gasteiger partial charge in [0.2, 0.25) is 11.9 Å². The summed E-state index contributed by atoms with van der Waals surface area (Å²) in [5, 5.41) is 34.7. The van der Waals surface area contributed by atoms with E-state index >= 15 is 0 Å². The number of aromatic nitrogens is 2. The largest absolute Gasteiger partial charge is 0.481 e. The third-order valence-electron chi connectivity index (χ3n) is 12.1. The molecule has 0 spiro atoms. The number of carbonyl (C=O) groups excluding carboxylic acids is 4. The number of phosphoric ester groups is 1. The topological polar surface area (TPSA) is 386 Å². The van der Waals surface area contributed by atoms with Crippen LogP contribution in [0, 0.1) is 0 Å². The summed E-state index contributed by atoms with van der Waals surface area (Å²) in [5.74, 6) is -5.72. The Kier molecular flexibility index (Phi) is 24.5. The van der Waals surface area contributed by atoms with Crippen LogP contribution in [0.3, 0.4) is 0 Å². The number of benzene rings is 3. The van der Waals surface area contributed by atoms with Gasteiger partial charge in [0.1, 0.15) is 36.8 Å². The molecule has 0 fully saturated rings. The number of nitrogens with one attached hydrogen (secondary N) is 4. The molecule has 3 heterocycles. The molecule has 0 saturated heterocycles. The van der Waals surface area contributed by atoms with Crippen molar-refractivity contribution in [2.45, 2.75) is 71.8 Å². The normalized spacial score (nSPS) is 13.7. The molecular weight excluding hydrogens is 2170 g/mol. The van der Waals surface area contributed by atoms with Crippen LogP contribution in [0.5, 0.6) is 0 Å². The molecule has 2 aliphatic rings. The summed E-state index contributed by atoms with van der Waals surface area (Å²) in [7, 11) is -2.45. The number of nitrogen functional groups attached to an aromatic ring is 1. The van der Waals surface area contributed by atoms with E-state index in [4.69, 9.17) is 34.8 Å². The van der Waals surface area contributed by atoms with Crippen molar-refractivity contribution in [2.24, 2.45) is 0 Å². The first kappa shape index (κ1) is 67.3. The van der Waals surface area contributed by atoms with E-state index < -0.39 is 87.0 Å². The van der Waals surface area contributed by atoms with Gasteiger partial charge in [-0.2, -0.15) is 4.98 Å². The van der Waals surface area contributed by atoms with Gasteiger partial charge in [0.15, 0.2) is 5.82 Å². The van der Waals surface area contributed by atoms with Gasteiger partial charge in [0, 0.05) is 46.2 Å². The van der Waals surface area contributed by atoms with E-state index in [1.54, 1.807) is 24.3 Å². The van der Waals surface area contributed by atoms with Gasteiger partial charge in [-0.25, -0.2) is 23.7 Å². The number of amides is 4. The number of nitrogens with two attached hydrogens (primary N) is 1. The van der Waals surface area contributed by atoms with Gasteiger partial charge >= 0.3 is 37.9 Å². The van der Waals surface area contributed by atoms with Gasteiger partial charge in [-0.05, 0) is 77.3 Å². The number of carbonyl (C=O) groups is 7. The first-order valence-corrected chi connectivity index (χ1v) is 29.9. The van der Waals surface area contributed by atoms with Crippen LogP contribution in [-0.4, -0.2) is 140 Å². The van der Waals surface area contributed by atoms with Crippen LogP contribution in [0.2, 0.25) is 0 Å². The molecule has 1 aliphatic carbocycles. The standard InChI is InChI=1S/C50H54N7O18PS4.4Fm/c51-48-55-43-42(46(64)56-48)79-30(11-10-29-12-15-39(78-29)45(63)53-36(47(65)66)13-16-40(58)59)22-57(43)50(68)74-23-27-9-14-38(28(21-27)17-19-72-25-41(60)61)80-77-26-37(44(62)52-18-20-75-76(69,70)71)54-49(67)73-24-35-33-7-3-1-5-31(33)32-6-2-4-8-34(32)35;;;;/h1-9,12,14-15,21,30,35-37H,10-11,13,16-20,22-26H2,(H,52,62)(H,53,63)(H,54,67)(H,58,59)(H,60,61)(H,65,66)(H2,69,70,71)(H3,51,55,56,64);;;;. The van der Waals surface area contributed by atoms with Crippen LogP contribution < -0.4 is 32.1 Å². The molecule has 1 aliphatic heterocycles. The number of carboxylic acid groups (broad SMARTS) is 3. The number of hydrogen-bond donors (Lipinski definition) is 10. The summed E-state index contributed by atoms with van der Waals surface area (Å²) < 4.78 is 32.5. The number of H-pyrrole nitrogens is 1. The average Bonchev–Trinajstić information content (AvgIpc) is 3.96. The molecule has 11 N–H and O–H groups in total. The Morgan fingerprint density at radius 2 is 1.55 bits per heavy atom. The molecular formula is C50H54Fm4N7O18PS4. The van der Waals surface area contributed by atoms with Gasteiger partial charge in [-0.3, -0.25) is 33.6 Å². The van der Waals surface area contributed by atoms with E-state index in [2.05, 4.69) is 30.4 Å². The number of alkyl carbamates (subject to hydrolysis) is 1. The van der Waals surface area contributed by atoms with E-state index in [1.807, 2.05) is 48.5 Å². The van der Waals surface area contributed by atoms with Crippen LogP contribution in [0.1, 0.15) is 62.0 Å². The number of thiophene rings is 1. The number of thioether (sulfide) groups is 1. The Morgan fingerprint density at radius 1 is 0.857 bits per heavy atom. The molecule has 25 nitrogen and oxygen atoms in total. The smallest absolute Gasteiger partial charge is 0.469 e. The fourth-order valence-electron chi connectivity index (χ4n) is 8.41. The molecule has 34 heteroatoms. The summed E-state index contributed by atoms with van der Waals surface area (Å²) in [5.41, 5.74) is 10.4. The van der Waals surface area contributed by atoms with Crippen molar-refractivity contribution in [1.82, 2.24) is 25.9 Å². The minimum absolute atomic E-state index is 0. The van der Waals surface area contributed by atoms with Crippen LogP contribution >= 0.6 is 52.5 Å². The minimum Gasteiger partial charge on any atom is -0.481 e. The first-order chi connectivity index (χ1) is 38.2. The number of aryl methyl sites for hydroxylation is 1. The van der Waals surface area contributed by atoms with Crippen LogP contribution in [0.15, 0.2) is 93.4 Å². The molecule has 7 rings (SSSR count). The van der Waals surface area contributed by atoms with E-state index in [0.29, 0.717) is 28.9 Å². The average molecular weight is 2230 g/mol.